The average Bonchev–Trinajstić information content (AvgIpc) is 3.60. The largest absolute Gasteiger partial charge is 0.506 e. The van der Waals surface area contributed by atoms with E-state index >= 15 is 0 Å². The van der Waals surface area contributed by atoms with Crippen molar-refractivity contribution in [2.24, 2.45) is 11.8 Å². The summed E-state index contributed by atoms with van der Waals surface area (Å²) in [4.78, 5) is 28.1. The van der Waals surface area contributed by atoms with Gasteiger partial charge in [0, 0.05) is 18.2 Å². The van der Waals surface area contributed by atoms with Crippen molar-refractivity contribution in [3.63, 3.8) is 0 Å². The van der Waals surface area contributed by atoms with Crippen molar-refractivity contribution in [3.8, 4) is 22.8 Å². The summed E-state index contributed by atoms with van der Waals surface area (Å²) in [7, 11) is 1.50. The first-order valence-corrected chi connectivity index (χ1v) is 12.4. The third-order valence-corrected chi connectivity index (χ3v) is 8.42. The molecule has 3 aromatic rings. The van der Waals surface area contributed by atoms with Gasteiger partial charge in [0.2, 0.25) is 0 Å². The van der Waals surface area contributed by atoms with E-state index in [-0.39, 0.29) is 34.6 Å². The predicted octanol–water partition coefficient (Wildman–Crippen LogP) is 5.16. The molecule has 3 unspecified atom stereocenters. The van der Waals surface area contributed by atoms with E-state index in [9.17, 15) is 14.7 Å². The summed E-state index contributed by atoms with van der Waals surface area (Å²) < 4.78 is 16.9. The fourth-order valence-electron chi connectivity index (χ4n) is 5.50. The number of thioether (sulfide) groups is 1. The Kier molecular flexibility index (Phi) is 5.07. The molecule has 3 fully saturated rings. The molecule has 2 bridgehead atoms. The first-order chi connectivity index (χ1) is 16.4. The maximum atomic E-state index is 13.2. The van der Waals surface area contributed by atoms with Gasteiger partial charge < -0.3 is 18.7 Å². The van der Waals surface area contributed by atoms with Gasteiger partial charge in [0.25, 0.3) is 5.91 Å². The predicted molar refractivity (Wildman–Crippen MR) is 133 cm³/mol. The Hall–Kier alpha value is -3.04. The molecule has 3 aliphatic rings. The van der Waals surface area contributed by atoms with E-state index in [1.807, 2.05) is 0 Å². The normalized spacial score (nSPS) is 25.3. The van der Waals surface area contributed by atoms with Gasteiger partial charge in [-0.05, 0) is 55.4 Å². The Balaban J connectivity index is 1.31. The number of hydrogen-bond acceptors (Lipinski definition) is 8. The maximum absolute atomic E-state index is 13.2. The first-order valence-electron chi connectivity index (χ1n) is 11.1. The number of furan rings is 1. The molecule has 174 valence electrons. The van der Waals surface area contributed by atoms with Crippen LogP contribution in [-0.2, 0) is 4.79 Å². The van der Waals surface area contributed by atoms with Gasteiger partial charge in [0.15, 0.2) is 0 Å². The lowest BCUT2D eigenvalue weighted by Gasteiger charge is -2.30. The smallest absolute Gasteiger partial charge is 0.351 e. The van der Waals surface area contributed by atoms with E-state index < -0.39 is 5.63 Å². The molecule has 9 heteroatoms. The van der Waals surface area contributed by atoms with Crippen LogP contribution in [-0.4, -0.2) is 33.4 Å². The van der Waals surface area contributed by atoms with Gasteiger partial charge in [-0.3, -0.25) is 9.69 Å². The zero-order valence-electron chi connectivity index (χ0n) is 18.3. The molecular weight excluding hydrogens is 474 g/mol. The average molecular weight is 496 g/mol. The van der Waals surface area contributed by atoms with Gasteiger partial charge in [-0.2, -0.15) is 0 Å². The molecule has 1 saturated heterocycles. The highest BCUT2D eigenvalue weighted by Gasteiger charge is 2.48. The van der Waals surface area contributed by atoms with E-state index in [0.717, 1.165) is 12.8 Å². The number of aromatic hydroxyl groups is 1. The van der Waals surface area contributed by atoms with E-state index in [1.165, 1.54) is 37.8 Å². The second-order valence-corrected chi connectivity index (χ2v) is 10.6. The van der Waals surface area contributed by atoms with Crippen LogP contribution in [0.4, 0.5) is 0 Å². The molecular formula is C25H21NO6S2. The molecule has 6 rings (SSSR count). The topological polar surface area (TPSA) is 93.1 Å². The van der Waals surface area contributed by atoms with Crippen LogP contribution in [0.15, 0.2) is 48.9 Å². The van der Waals surface area contributed by atoms with E-state index in [2.05, 4.69) is 0 Å². The highest BCUT2D eigenvalue weighted by molar-refractivity contribution is 8.26. The highest BCUT2D eigenvalue weighted by atomic mass is 32.2. The fraction of sp³-hybridized carbons (Fsp3) is 0.320. The summed E-state index contributed by atoms with van der Waals surface area (Å²) in [5.74, 6) is 1.96. The quantitative estimate of drug-likeness (QED) is 0.302. The third-order valence-electron chi connectivity index (χ3n) is 7.09. The lowest BCUT2D eigenvalue weighted by Crippen LogP contribution is -2.41. The van der Waals surface area contributed by atoms with Crippen LogP contribution in [0.25, 0.3) is 28.4 Å². The Morgan fingerprint density at radius 1 is 1.18 bits per heavy atom. The van der Waals surface area contributed by atoms with Crippen LogP contribution >= 0.6 is 24.0 Å². The Labute approximate surface area is 204 Å². The molecule has 0 spiro atoms. The van der Waals surface area contributed by atoms with Crippen LogP contribution in [0.2, 0.25) is 0 Å². The molecule has 3 atom stereocenters. The van der Waals surface area contributed by atoms with E-state index in [0.29, 0.717) is 38.0 Å². The second kappa shape index (κ2) is 8.02. The van der Waals surface area contributed by atoms with Gasteiger partial charge in [0.05, 0.1) is 17.4 Å². The molecule has 1 amide bonds. The second-order valence-electron chi connectivity index (χ2n) is 8.97. The maximum Gasteiger partial charge on any atom is 0.351 e. The fourth-order valence-corrected chi connectivity index (χ4v) is 6.85. The summed E-state index contributed by atoms with van der Waals surface area (Å²) in [6.45, 7) is 0. The van der Waals surface area contributed by atoms with Crippen molar-refractivity contribution >= 4 is 51.3 Å². The third kappa shape index (κ3) is 3.37. The number of fused-ring (bicyclic) bond motifs is 3. The minimum absolute atomic E-state index is 0.0770. The number of rotatable bonds is 4. The zero-order valence-corrected chi connectivity index (χ0v) is 19.9. The summed E-state index contributed by atoms with van der Waals surface area (Å²) in [6.07, 6.45) is 6.27. The molecule has 2 aromatic heterocycles. The van der Waals surface area contributed by atoms with Crippen molar-refractivity contribution < 1.29 is 23.5 Å². The molecule has 3 heterocycles. The monoisotopic (exact) mass is 495 g/mol. The van der Waals surface area contributed by atoms with Crippen LogP contribution < -0.4 is 10.4 Å². The SMILES string of the molecule is COc1ccc2c(O)c(-c3ccc(/C=C4\SC(=S)N(C5CC6CCC5C6)C4=O)o3)c(=O)oc2c1. The van der Waals surface area contributed by atoms with Crippen molar-refractivity contribution in [1.29, 1.82) is 0 Å². The molecule has 0 radical (unpaired) electrons. The van der Waals surface area contributed by atoms with Crippen molar-refractivity contribution in [2.45, 2.75) is 31.7 Å². The number of thiocarbonyl (C=S) groups is 1. The first kappa shape index (κ1) is 21.5. The van der Waals surface area contributed by atoms with Crippen molar-refractivity contribution in [2.75, 3.05) is 7.11 Å². The molecule has 1 N–H and O–H groups in total. The zero-order chi connectivity index (χ0) is 23.6. The van der Waals surface area contributed by atoms with Gasteiger partial charge in [-0.25, -0.2) is 4.79 Å². The number of methoxy groups -OCH3 is 1. The van der Waals surface area contributed by atoms with Gasteiger partial charge in [-0.1, -0.05) is 30.4 Å². The number of carbonyl (C=O) groups excluding carboxylic acids is 1. The minimum atomic E-state index is -0.734. The summed E-state index contributed by atoms with van der Waals surface area (Å²) >= 11 is 6.82. The van der Waals surface area contributed by atoms with E-state index in [1.54, 1.807) is 35.2 Å². The standard InChI is InChI=1S/C25H21NO6S2/c1-30-14-4-6-16-19(10-14)32-24(29)21(22(16)27)18-7-5-15(31-18)11-20-23(28)26(25(33)34-20)17-9-12-2-3-13(17)8-12/h4-7,10-13,17,27H,2-3,8-9H2,1H3/b20-11-. The summed E-state index contributed by atoms with van der Waals surface area (Å²) in [5.41, 5.74) is -0.602. The lowest BCUT2D eigenvalue weighted by atomic mass is 9.94. The number of benzene rings is 1. The Bertz CT molecular complexity index is 1440. The van der Waals surface area contributed by atoms with Crippen molar-refractivity contribution in [1.82, 2.24) is 4.90 Å². The van der Waals surface area contributed by atoms with Crippen LogP contribution in [0, 0.1) is 11.8 Å². The van der Waals surface area contributed by atoms with Crippen LogP contribution in [0.5, 0.6) is 11.5 Å². The number of ether oxygens (including phenoxy) is 1. The van der Waals surface area contributed by atoms with Crippen molar-refractivity contribution in [3.05, 3.63) is 51.4 Å². The van der Waals surface area contributed by atoms with Gasteiger partial charge >= 0.3 is 5.63 Å². The number of amides is 1. The summed E-state index contributed by atoms with van der Waals surface area (Å²) in [5, 5.41) is 11.1. The minimum Gasteiger partial charge on any atom is -0.506 e. The molecule has 2 aliphatic carbocycles. The number of hydrogen-bond donors (Lipinski definition) is 1. The Morgan fingerprint density at radius 2 is 2.03 bits per heavy atom. The molecule has 34 heavy (non-hydrogen) atoms. The van der Waals surface area contributed by atoms with Gasteiger partial charge in [-0.15, -0.1) is 0 Å². The lowest BCUT2D eigenvalue weighted by molar-refractivity contribution is -0.124. The molecule has 1 aromatic carbocycles. The summed E-state index contributed by atoms with van der Waals surface area (Å²) in [6, 6.07) is 8.23. The molecule has 2 saturated carbocycles. The number of carbonyl (C=O) groups is 1. The Morgan fingerprint density at radius 3 is 2.76 bits per heavy atom. The van der Waals surface area contributed by atoms with Gasteiger partial charge in [0.1, 0.15) is 38.5 Å². The molecule has 7 nitrogen and oxygen atoms in total. The highest BCUT2D eigenvalue weighted by Crippen LogP contribution is 2.49. The van der Waals surface area contributed by atoms with Crippen LogP contribution in [0.1, 0.15) is 31.4 Å². The number of nitrogens with zero attached hydrogens (tertiary/aromatic N) is 1. The van der Waals surface area contributed by atoms with Crippen LogP contribution in [0.3, 0.4) is 0 Å². The molecule has 1 aliphatic heterocycles. The van der Waals surface area contributed by atoms with E-state index in [4.69, 9.17) is 25.8 Å².